The van der Waals surface area contributed by atoms with Gasteiger partial charge >= 0.3 is 154 Å². The molecule has 0 N–H and O–H groups in total. The molecular weight excluding hydrogens is 189 g/mol. The van der Waals surface area contributed by atoms with E-state index in [1.165, 1.54) is 0 Å². The normalized spacial score (nSPS) is 7.50. The first kappa shape index (κ1) is 23.0. The van der Waals surface area contributed by atoms with Crippen molar-refractivity contribution in [1.82, 2.24) is 0 Å². The Balaban J connectivity index is -0.0000000267. The Morgan fingerprint density at radius 2 is 0.875 bits per heavy atom. The monoisotopic (exact) mass is 192 g/mol. The van der Waals surface area contributed by atoms with Gasteiger partial charge in [-0.3, -0.25) is 0 Å². The summed E-state index contributed by atoms with van der Waals surface area (Å²) in [6.45, 7) is 0.521. The molecule has 6 heteroatoms. The van der Waals surface area contributed by atoms with Crippen LogP contribution in [0.3, 0.4) is 0 Å². The van der Waals surface area contributed by atoms with Crippen molar-refractivity contribution in [2.45, 2.75) is 12.9 Å². The molecule has 0 spiro atoms. The van der Waals surface area contributed by atoms with Gasteiger partial charge in [0.05, 0.1) is 0 Å². The van der Waals surface area contributed by atoms with Crippen LogP contribution >= 0.6 is 0 Å². The third-order valence-electron chi connectivity index (χ3n) is 0. The Morgan fingerprint density at radius 3 is 0.875 bits per heavy atom. The third kappa shape index (κ3) is 45.1. The molecule has 3 nitrogen and oxygen atoms in total. The molecule has 0 aliphatic rings. The summed E-state index contributed by atoms with van der Waals surface area (Å²) in [6, 6.07) is 0. The first-order valence-electron chi connectivity index (χ1n) is 1.11. The summed E-state index contributed by atoms with van der Waals surface area (Å²) in [4.78, 5) is 0. The van der Waals surface area contributed by atoms with Crippen molar-refractivity contribution < 1.29 is 169 Å². The fourth-order valence-corrected chi connectivity index (χ4v) is 0. The number of hydrogen-bond donors (Lipinski definition) is 0. The van der Waals surface area contributed by atoms with Crippen LogP contribution in [0.4, 0.5) is 0 Å². The molecule has 0 saturated carbocycles. The minimum absolute atomic E-state index is 0. The Labute approximate surface area is 176 Å². The van der Waals surface area contributed by atoms with Crippen molar-refractivity contribution in [1.29, 1.82) is 0 Å². The van der Waals surface area contributed by atoms with Crippen LogP contribution < -0.4 is 169 Å². The average molecular weight is 192 g/mol. The van der Waals surface area contributed by atoms with Gasteiger partial charge in [-0.2, -0.15) is 0 Å². The van der Waals surface area contributed by atoms with Gasteiger partial charge in [0.15, 0.2) is 0 Å². The molecule has 0 aliphatic carbocycles. The molecule has 0 aromatic heterocycles. The van der Waals surface area contributed by atoms with Crippen molar-refractivity contribution in [3.8, 4) is 0 Å². The molecule has 0 rings (SSSR count). The van der Waals surface area contributed by atoms with Crippen LogP contribution in [-0.2, 0) is 0 Å². The van der Waals surface area contributed by atoms with Crippen LogP contribution in [-0.4, -0.2) is 5.97 Å². The second-order valence-electron chi connectivity index (χ2n) is 0.862. The van der Waals surface area contributed by atoms with Gasteiger partial charge < -0.3 is 21.3 Å². The van der Waals surface area contributed by atoms with Crippen molar-refractivity contribution in [2.75, 3.05) is 0 Å². The molecule has 0 amide bonds. The second-order valence-corrected chi connectivity index (χ2v) is 0.862. The summed E-state index contributed by atoms with van der Waals surface area (Å²) in [5.74, 6) is -3.25. The molecule has 0 aromatic carbocycles. The van der Waals surface area contributed by atoms with E-state index < -0.39 is 5.97 Å². The standard InChI is InChI=1S/C2H3O3.3K/c1-2(3,4)5;;;/h1H3;;;/q-3;3*+1. The van der Waals surface area contributed by atoms with Crippen molar-refractivity contribution in [3.05, 3.63) is 0 Å². The number of hydrogen-bond acceptors (Lipinski definition) is 3. The molecule has 0 heterocycles. The maximum absolute atomic E-state index is 8.99. The Hall–Kier alpha value is 4.79. The molecule has 0 bridgehead atoms. The molecule has 0 unspecified atom stereocenters. The molecule has 0 radical (unpaired) electrons. The summed E-state index contributed by atoms with van der Waals surface area (Å²) in [7, 11) is 0. The van der Waals surface area contributed by atoms with E-state index in [2.05, 4.69) is 0 Å². The van der Waals surface area contributed by atoms with E-state index in [9.17, 15) is 0 Å². The van der Waals surface area contributed by atoms with E-state index in [0.717, 1.165) is 0 Å². The van der Waals surface area contributed by atoms with Gasteiger partial charge in [0, 0.05) is 0 Å². The summed E-state index contributed by atoms with van der Waals surface area (Å²) in [5, 5.41) is 27.0. The van der Waals surface area contributed by atoms with Gasteiger partial charge in [-0.25, -0.2) is 0 Å². The molecule has 0 aliphatic heterocycles. The van der Waals surface area contributed by atoms with Crippen LogP contribution in [0.5, 0.6) is 0 Å². The molecule has 8 heavy (non-hydrogen) atoms. The summed E-state index contributed by atoms with van der Waals surface area (Å²) in [6.07, 6.45) is 0. The summed E-state index contributed by atoms with van der Waals surface area (Å²) >= 11 is 0. The van der Waals surface area contributed by atoms with Gasteiger partial charge in [0.1, 0.15) is 0 Å². The van der Waals surface area contributed by atoms with E-state index in [-0.39, 0.29) is 154 Å². The molecule has 32 valence electrons. The summed E-state index contributed by atoms with van der Waals surface area (Å²) < 4.78 is 0. The van der Waals surface area contributed by atoms with Crippen molar-refractivity contribution in [2.24, 2.45) is 0 Å². The van der Waals surface area contributed by atoms with Gasteiger partial charge in [-0.1, -0.05) is 0 Å². The topological polar surface area (TPSA) is 69.2 Å². The average Bonchev–Trinajstić information content (AvgIpc) is 0.722. The van der Waals surface area contributed by atoms with Gasteiger partial charge in [0.25, 0.3) is 0 Å². The van der Waals surface area contributed by atoms with E-state index in [4.69, 9.17) is 15.3 Å². The molecule has 0 atom stereocenters. The zero-order valence-electron chi connectivity index (χ0n) is 5.72. The molecule has 0 fully saturated rings. The predicted octanol–water partition coefficient (Wildman–Crippen LogP) is -12.2. The minimum Gasteiger partial charge on any atom is -0.877 e. The van der Waals surface area contributed by atoms with Gasteiger partial charge in [0.2, 0.25) is 0 Å². The maximum Gasteiger partial charge on any atom is 1.00 e. The second kappa shape index (κ2) is 11.8. The van der Waals surface area contributed by atoms with Crippen LogP contribution in [0.15, 0.2) is 0 Å². The Morgan fingerprint density at radius 1 is 0.875 bits per heavy atom. The number of rotatable bonds is 0. The largest absolute Gasteiger partial charge is 1.00 e. The summed E-state index contributed by atoms with van der Waals surface area (Å²) in [5.41, 5.74) is 0. The fraction of sp³-hybridized carbons (Fsp3) is 1.00. The van der Waals surface area contributed by atoms with Crippen LogP contribution in [0.25, 0.3) is 0 Å². The quantitative estimate of drug-likeness (QED) is 0.283. The van der Waals surface area contributed by atoms with Crippen molar-refractivity contribution >= 4 is 0 Å². The minimum atomic E-state index is -3.25. The third-order valence-corrected chi connectivity index (χ3v) is 0. The SMILES string of the molecule is CC([O-])([O-])[O-].[K+].[K+].[K+]. The Bertz CT molecular complexity index is 28.0. The first-order chi connectivity index (χ1) is 2.00. The van der Waals surface area contributed by atoms with Gasteiger partial charge in [-0.15, -0.1) is 6.92 Å². The van der Waals surface area contributed by atoms with E-state index in [1.54, 1.807) is 0 Å². The molecule has 0 saturated heterocycles. The molecule has 0 aromatic rings. The first-order valence-corrected chi connectivity index (χ1v) is 1.11. The zero-order valence-corrected chi connectivity index (χ0v) is 15.1. The maximum atomic E-state index is 8.99. The smallest absolute Gasteiger partial charge is 0.877 e. The molecular formula is C2H3K3O3. The zero-order chi connectivity index (χ0) is 4.50. The van der Waals surface area contributed by atoms with Crippen LogP contribution in [0.1, 0.15) is 6.92 Å². The van der Waals surface area contributed by atoms with E-state index in [0.29, 0.717) is 6.92 Å². The fourth-order valence-electron chi connectivity index (χ4n) is 0. The Kier molecular flexibility index (Phi) is 33.9. The van der Waals surface area contributed by atoms with Crippen molar-refractivity contribution in [3.63, 3.8) is 0 Å². The van der Waals surface area contributed by atoms with E-state index in [1.807, 2.05) is 0 Å². The van der Waals surface area contributed by atoms with Crippen LogP contribution in [0, 0.1) is 0 Å². The van der Waals surface area contributed by atoms with E-state index >= 15 is 0 Å². The van der Waals surface area contributed by atoms with Gasteiger partial charge in [-0.05, 0) is 0 Å². The van der Waals surface area contributed by atoms with Crippen LogP contribution in [0.2, 0.25) is 0 Å². The predicted molar refractivity (Wildman–Crippen MR) is 8.41 cm³/mol.